The predicted octanol–water partition coefficient (Wildman–Crippen LogP) is 5.62. The van der Waals surface area contributed by atoms with Crippen LogP contribution in [-0.4, -0.2) is 22.8 Å². The lowest BCUT2D eigenvalue weighted by Gasteiger charge is -2.25. The van der Waals surface area contributed by atoms with Crippen molar-refractivity contribution < 1.29 is 14.3 Å². The number of aromatic nitrogens is 1. The van der Waals surface area contributed by atoms with Gasteiger partial charge in [-0.05, 0) is 74.1 Å². The largest absolute Gasteiger partial charge is 0.458 e. The van der Waals surface area contributed by atoms with Gasteiger partial charge in [-0.15, -0.1) is 0 Å². The second-order valence-electron chi connectivity index (χ2n) is 8.35. The summed E-state index contributed by atoms with van der Waals surface area (Å²) in [4.78, 5) is 28.8. The molecule has 2 aliphatic carbocycles. The number of Topliss-reactive ketones (excluding diaryl/α,β-unsaturated/α-hetero) is 1. The Balaban J connectivity index is 1.53. The van der Waals surface area contributed by atoms with E-state index in [4.69, 9.17) is 16.3 Å². The van der Waals surface area contributed by atoms with E-state index < -0.39 is 0 Å². The highest BCUT2D eigenvalue weighted by molar-refractivity contribution is 6.30. The van der Waals surface area contributed by atoms with E-state index in [0.717, 1.165) is 42.5 Å². The van der Waals surface area contributed by atoms with Crippen LogP contribution in [0.4, 0.5) is 0 Å². The molecular weight excluding hydrogens is 374 g/mol. The topological polar surface area (TPSA) is 59.2 Å². The zero-order valence-electron chi connectivity index (χ0n) is 16.4. The fourth-order valence-corrected chi connectivity index (χ4v) is 4.69. The maximum atomic E-state index is 12.8. The van der Waals surface area contributed by atoms with E-state index in [1.165, 1.54) is 0 Å². The third-order valence-electron chi connectivity index (χ3n) is 6.27. The van der Waals surface area contributed by atoms with Crippen LogP contribution in [-0.2, 0) is 11.2 Å². The summed E-state index contributed by atoms with van der Waals surface area (Å²) < 4.78 is 5.75. The molecule has 0 saturated heterocycles. The molecule has 1 fully saturated rings. The van der Waals surface area contributed by atoms with Crippen molar-refractivity contribution in [3.05, 3.63) is 57.4 Å². The number of aromatic amines is 1. The Kier molecular flexibility index (Phi) is 5.33. The van der Waals surface area contributed by atoms with Crippen molar-refractivity contribution in [3.8, 4) is 0 Å². The van der Waals surface area contributed by atoms with E-state index in [0.29, 0.717) is 35.0 Å². The molecule has 148 valence electrons. The lowest BCUT2D eigenvalue weighted by atomic mass is 9.81. The van der Waals surface area contributed by atoms with Crippen LogP contribution < -0.4 is 0 Å². The number of nitrogens with one attached hydrogen (secondary N) is 1. The molecular formula is C23H26ClNO3. The second-order valence-corrected chi connectivity index (χ2v) is 8.78. The molecule has 4 nitrogen and oxygen atoms in total. The highest BCUT2D eigenvalue weighted by Crippen LogP contribution is 2.36. The van der Waals surface area contributed by atoms with Crippen LogP contribution in [0.15, 0.2) is 24.3 Å². The Morgan fingerprint density at radius 1 is 1.11 bits per heavy atom. The SMILES string of the molecule is Cc1c(C(=O)OC2CCC(C)CC2)[nH]c2c1C(=O)C[C@@H](c1ccc(Cl)cc1)C2. The fraction of sp³-hybridized carbons (Fsp3) is 0.478. The Morgan fingerprint density at radius 3 is 2.46 bits per heavy atom. The first-order chi connectivity index (χ1) is 13.4. The number of esters is 1. The summed E-state index contributed by atoms with van der Waals surface area (Å²) in [5.74, 6) is 0.554. The van der Waals surface area contributed by atoms with Gasteiger partial charge in [-0.25, -0.2) is 4.79 Å². The van der Waals surface area contributed by atoms with Crippen LogP contribution >= 0.6 is 11.6 Å². The molecule has 0 spiro atoms. The number of ketones is 1. The first kappa shape index (κ1) is 19.3. The van der Waals surface area contributed by atoms with Crippen LogP contribution in [0.5, 0.6) is 0 Å². The third-order valence-corrected chi connectivity index (χ3v) is 6.52. The highest BCUT2D eigenvalue weighted by atomic mass is 35.5. The van der Waals surface area contributed by atoms with Gasteiger partial charge in [-0.2, -0.15) is 0 Å². The van der Waals surface area contributed by atoms with Crippen molar-refractivity contribution >= 4 is 23.4 Å². The molecule has 0 bridgehead atoms. The van der Waals surface area contributed by atoms with E-state index in [2.05, 4.69) is 11.9 Å². The highest BCUT2D eigenvalue weighted by Gasteiger charge is 2.33. The van der Waals surface area contributed by atoms with E-state index in [-0.39, 0.29) is 23.8 Å². The number of fused-ring (bicyclic) bond motifs is 1. The van der Waals surface area contributed by atoms with Gasteiger partial charge >= 0.3 is 5.97 Å². The molecule has 1 N–H and O–H groups in total. The quantitative estimate of drug-likeness (QED) is 0.681. The molecule has 5 heteroatoms. The maximum absolute atomic E-state index is 12.8. The number of carbonyl (C=O) groups is 2. The molecule has 0 radical (unpaired) electrons. The number of hydrogen-bond acceptors (Lipinski definition) is 3. The zero-order chi connectivity index (χ0) is 19.8. The Labute approximate surface area is 170 Å². The number of hydrogen-bond donors (Lipinski definition) is 1. The van der Waals surface area contributed by atoms with E-state index in [1.54, 1.807) is 0 Å². The molecule has 1 aromatic carbocycles. The van der Waals surface area contributed by atoms with Gasteiger partial charge in [0, 0.05) is 22.7 Å². The average Bonchev–Trinajstić information content (AvgIpc) is 3.01. The van der Waals surface area contributed by atoms with Crippen LogP contribution in [0.3, 0.4) is 0 Å². The molecule has 2 aliphatic rings. The zero-order valence-corrected chi connectivity index (χ0v) is 17.1. The number of halogens is 1. The first-order valence-electron chi connectivity index (χ1n) is 10.1. The minimum absolute atomic E-state index is 0.0130. The Bertz CT molecular complexity index is 891. The van der Waals surface area contributed by atoms with Gasteiger partial charge in [0.1, 0.15) is 11.8 Å². The van der Waals surface area contributed by atoms with Crippen molar-refractivity contribution in [2.75, 3.05) is 0 Å². The van der Waals surface area contributed by atoms with Gasteiger partial charge in [0.05, 0.1) is 0 Å². The lowest BCUT2D eigenvalue weighted by Crippen LogP contribution is -2.24. The Hall–Kier alpha value is -2.07. The molecule has 0 aliphatic heterocycles. The summed E-state index contributed by atoms with van der Waals surface area (Å²) in [5.41, 5.74) is 3.78. The Morgan fingerprint density at radius 2 is 1.79 bits per heavy atom. The number of benzene rings is 1. The maximum Gasteiger partial charge on any atom is 0.355 e. The van der Waals surface area contributed by atoms with Gasteiger partial charge in [0.15, 0.2) is 5.78 Å². The van der Waals surface area contributed by atoms with Gasteiger partial charge < -0.3 is 9.72 Å². The van der Waals surface area contributed by atoms with Crippen molar-refractivity contribution in [2.45, 2.75) is 64.4 Å². The number of rotatable bonds is 3. The van der Waals surface area contributed by atoms with Gasteiger partial charge in [-0.1, -0.05) is 30.7 Å². The lowest BCUT2D eigenvalue weighted by molar-refractivity contribution is 0.0167. The number of ether oxygens (including phenoxy) is 1. The van der Waals surface area contributed by atoms with E-state index in [1.807, 2.05) is 31.2 Å². The van der Waals surface area contributed by atoms with Crippen LogP contribution in [0.25, 0.3) is 0 Å². The minimum Gasteiger partial charge on any atom is -0.458 e. The molecule has 2 aromatic rings. The third kappa shape index (κ3) is 3.75. The molecule has 1 heterocycles. The van der Waals surface area contributed by atoms with Gasteiger partial charge in [0.2, 0.25) is 0 Å². The summed E-state index contributed by atoms with van der Waals surface area (Å²) in [5, 5.41) is 0.685. The van der Waals surface area contributed by atoms with E-state index >= 15 is 0 Å². The van der Waals surface area contributed by atoms with Crippen LogP contribution in [0.1, 0.15) is 82.6 Å². The molecule has 1 saturated carbocycles. The van der Waals surface area contributed by atoms with Crippen molar-refractivity contribution in [1.82, 2.24) is 4.98 Å². The first-order valence-corrected chi connectivity index (χ1v) is 10.5. The summed E-state index contributed by atoms with van der Waals surface area (Å²) in [6.07, 6.45) is 5.17. The standard InChI is InChI=1S/C23H26ClNO3/c1-13-3-9-18(10-4-13)28-23(27)22-14(2)21-19(25-22)11-16(12-20(21)26)15-5-7-17(24)8-6-15/h5-8,13,16,18,25H,3-4,9-12H2,1-2H3/t13?,16-,18?/m0/s1. The molecule has 0 amide bonds. The molecule has 28 heavy (non-hydrogen) atoms. The predicted molar refractivity (Wildman–Crippen MR) is 109 cm³/mol. The van der Waals surface area contributed by atoms with Crippen molar-refractivity contribution in [1.29, 1.82) is 0 Å². The molecule has 4 rings (SSSR count). The summed E-state index contributed by atoms with van der Waals surface area (Å²) >= 11 is 5.98. The van der Waals surface area contributed by atoms with Crippen molar-refractivity contribution in [3.63, 3.8) is 0 Å². The summed E-state index contributed by atoms with van der Waals surface area (Å²) in [7, 11) is 0. The monoisotopic (exact) mass is 399 g/mol. The number of H-pyrrole nitrogens is 1. The number of carbonyl (C=O) groups excluding carboxylic acids is 2. The fourth-order valence-electron chi connectivity index (χ4n) is 4.57. The molecule has 0 unspecified atom stereocenters. The average molecular weight is 400 g/mol. The van der Waals surface area contributed by atoms with Crippen LogP contribution in [0, 0.1) is 12.8 Å². The smallest absolute Gasteiger partial charge is 0.355 e. The molecule has 1 aromatic heterocycles. The van der Waals surface area contributed by atoms with Crippen molar-refractivity contribution in [2.24, 2.45) is 5.92 Å². The van der Waals surface area contributed by atoms with Gasteiger partial charge in [0.25, 0.3) is 0 Å². The summed E-state index contributed by atoms with van der Waals surface area (Å²) in [6.45, 7) is 4.08. The van der Waals surface area contributed by atoms with Crippen LogP contribution in [0.2, 0.25) is 5.02 Å². The van der Waals surface area contributed by atoms with Gasteiger partial charge in [-0.3, -0.25) is 4.79 Å². The normalized spacial score (nSPS) is 24.7. The summed E-state index contributed by atoms with van der Waals surface area (Å²) in [6, 6.07) is 7.65. The van der Waals surface area contributed by atoms with E-state index in [9.17, 15) is 9.59 Å². The second kappa shape index (κ2) is 7.75. The minimum atomic E-state index is -0.331. The molecule has 1 atom stereocenters.